The number of rotatable bonds is 7. The van der Waals surface area contributed by atoms with Gasteiger partial charge in [-0.05, 0) is 25.0 Å². The molecule has 1 heterocycles. The predicted molar refractivity (Wildman–Crippen MR) is 114 cm³/mol. The second-order valence-electron chi connectivity index (χ2n) is 9.16. The monoisotopic (exact) mass is 456 g/mol. The van der Waals surface area contributed by atoms with Crippen LogP contribution in [0.5, 0.6) is 5.75 Å². The normalized spacial score (nSPS) is 24.6. The summed E-state index contributed by atoms with van der Waals surface area (Å²) in [4.78, 5) is 15.9. The Balaban J connectivity index is 1.76. The summed E-state index contributed by atoms with van der Waals surface area (Å²) in [5.74, 6) is -2.74. The third-order valence-corrected chi connectivity index (χ3v) is 6.27. The molecule has 0 aromatic heterocycles. The molecule has 2 fully saturated rings. The van der Waals surface area contributed by atoms with Gasteiger partial charge in [-0.2, -0.15) is 4.39 Å². The second kappa shape index (κ2) is 10.9. The lowest BCUT2D eigenvalue weighted by molar-refractivity contribution is -0.138. The molecule has 2 N–H and O–H groups in total. The first-order valence-corrected chi connectivity index (χ1v) is 11.2. The third kappa shape index (κ3) is 6.60. The first-order chi connectivity index (χ1) is 15.2. The molecule has 0 spiro atoms. The first-order valence-electron chi connectivity index (χ1n) is 11.2. The highest BCUT2D eigenvalue weighted by Crippen LogP contribution is 2.29. The summed E-state index contributed by atoms with van der Waals surface area (Å²) in [5.41, 5.74) is -2.39. The minimum atomic E-state index is -1.54. The Labute approximate surface area is 187 Å². The molecule has 9 heteroatoms. The molecule has 2 aliphatic rings. The van der Waals surface area contributed by atoms with Gasteiger partial charge in [-0.3, -0.25) is 9.69 Å². The molecule has 1 atom stereocenters. The van der Waals surface area contributed by atoms with Crippen LogP contribution in [-0.4, -0.2) is 90.2 Å². The van der Waals surface area contributed by atoms with Gasteiger partial charge >= 0.3 is 0 Å². The summed E-state index contributed by atoms with van der Waals surface area (Å²) in [6, 6.07) is 3.61. The van der Waals surface area contributed by atoms with Gasteiger partial charge in [0.05, 0.1) is 12.1 Å². The van der Waals surface area contributed by atoms with E-state index in [1.165, 1.54) is 24.1 Å². The number of amides is 1. The number of carbonyl (C=O) groups is 1. The van der Waals surface area contributed by atoms with Crippen LogP contribution in [0.4, 0.5) is 8.78 Å². The smallest absolute Gasteiger partial charge is 0.248 e. The fraction of sp³-hybridized carbons (Fsp3) is 0.696. The van der Waals surface area contributed by atoms with Crippen molar-refractivity contribution in [1.29, 1.82) is 0 Å². The summed E-state index contributed by atoms with van der Waals surface area (Å²) >= 11 is 0. The van der Waals surface area contributed by atoms with Crippen LogP contribution in [-0.2, 0) is 9.53 Å². The van der Waals surface area contributed by atoms with Crippen molar-refractivity contribution >= 4 is 5.91 Å². The molecule has 1 unspecified atom stereocenters. The molecule has 0 radical (unpaired) electrons. The van der Waals surface area contributed by atoms with Crippen molar-refractivity contribution in [2.75, 3.05) is 53.0 Å². The maximum Gasteiger partial charge on any atom is 0.248 e. The fourth-order valence-electron chi connectivity index (χ4n) is 4.66. The number of hydrogen-bond donors (Lipinski definition) is 2. The SMILES string of the molecule is COCC(=O)N1CCN(CC2(O)CCCCCC2)CC(O)(COc2cccc(F)c2F)C1. The van der Waals surface area contributed by atoms with E-state index in [4.69, 9.17) is 9.47 Å². The Morgan fingerprint density at radius 1 is 1.06 bits per heavy atom. The zero-order chi connectivity index (χ0) is 23.2. The highest BCUT2D eigenvalue weighted by Gasteiger charge is 2.40. The van der Waals surface area contributed by atoms with Gasteiger partial charge in [0, 0.05) is 33.3 Å². The van der Waals surface area contributed by atoms with Crippen LogP contribution in [0.25, 0.3) is 0 Å². The Morgan fingerprint density at radius 2 is 1.78 bits per heavy atom. The molecule has 1 aliphatic heterocycles. The highest BCUT2D eigenvalue weighted by atomic mass is 19.2. The van der Waals surface area contributed by atoms with E-state index in [0.717, 1.165) is 31.7 Å². The van der Waals surface area contributed by atoms with Gasteiger partial charge in [0.1, 0.15) is 18.8 Å². The van der Waals surface area contributed by atoms with E-state index in [9.17, 15) is 23.8 Å². The van der Waals surface area contributed by atoms with Crippen molar-refractivity contribution in [1.82, 2.24) is 9.80 Å². The number of halogens is 2. The standard InChI is InChI=1S/C23H34F2N2O5/c1-31-13-20(28)27-12-11-26(14-22(29)9-4-2-3-5-10-22)15-23(30,16-27)17-32-19-8-6-7-18(24)21(19)25/h6-8,29-30H,2-5,9-17H2,1H3. The second-order valence-corrected chi connectivity index (χ2v) is 9.16. The molecule has 1 saturated heterocycles. The van der Waals surface area contributed by atoms with Crippen molar-refractivity contribution in [3.05, 3.63) is 29.8 Å². The molecular weight excluding hydrogens is 422 g/mol. The Kier molecular flexibility index (Phi) is 8.43. The van der Waals surface area contributed by atoms with Crippen LogP contribution in [0.15, 0.2) is 18.2 Å². The van der Waals surface area contributed by atoms with Crippen LogP contribution in [0.3, 0.4) is 0 Å². The van der Waals surface area contributed by atoms with E-state index in [1.807, 2.05) is 4.90 Å². The number of β-amino-alcohol motifs (C(OH)–C–C–N with tert-alkyl or cyclic N) is 2. The molecule has 1 amide bonds. The van der Waals surface area contributed by atoms with Gasteiger partial charge in [0.15, 0.2) is 11.6 Å². The maximum absolute atomic E-state index is 14.0. The van der Waals surface area contributed by atoms with Crippen LogP contribution in [0.1, 0.15) is 38.5 Å². The molecule has 32 heavy (non-hydrogen) atoms. The van der Waals surface area contributed by atoms with Crippen molar-refractivity contribution in [3.63, 3.8) is 0 Å². The largest absolute Gasteiger partial charge is 0.487 e. The average molecular weight is 457 g/mol. The van der Waals surface area contributed by atoms with Gasteiger partial charge in [0.25, 0.3) is 0 Å². The minimum absolute atomic E-state index is 0.0406. The highest BCUT2D eigenvalue weighted by molar-refractivity contribution is 5.77. The van der Waals surface area contributed by atoms with E-state index in [1.54, 1.807) is 0 Å². The quantitative estimate of drug-likeness (QED) is 0.611. The van der Waals surface area contributed by atoms with Crippen molar-refractivity contribution < 1.29 is 33.3 Å². The predicted octanol–water partition coefficient (Wildman–Crippen LogP) is 1.95. The molecule has 3 rings (SSSR count). The average Bonchev–Trinajstić information content (AvgIpc) is 3.05. The maximum atomic E-state index is 14.0. The number of aliphatic hydroxyl groups is 2. The van der Waals surface area contributed by atoms with Gasteiger partial charge in [-0.1, -0.05) is 31.7 Å². The number of benzene rings is 1. The van der Waals surface area contributed by atoms with Gasteiger partial charge < -0.3 is 24.6 Å². The summed E-state index contributed by atoms with van der Waals surface area (Å²) in [7, 11) is 1.42. The molecule has 7 nitrogen and oxygen atoms in total. The summed E-state index contributed by atoms with van der Waals surface area (Å²) < 4.78 is 38.0. The molecular formula is C23H34F2N2O5. The van der Waals surface area contributed by atoms with Crippen LogP contribution in [0.2, 0.25) is 0 Å². The lowest BCUT2D eigenvalue weighted by Gasteiger charge is -2.36. The number of methoxy groups -OCH3 is 1. The number of carbonyl (C=O) groups excluding carboxylic acids is 1. The van der Waals surface area contributed by atoms with Gasteiger partial charge in [-0.25, -0.2) is 4.39 Å². The zero-order valence-electron chi connectivity index (χ0n) is 18.7. The molecule has 1 saturated carbocycles. The Bertz CT molecular complexity index is 773. The topological polar surface area (TPSA) is 82.5 Å². The lowest BCUT2D eigenvalue weighted by atomic mass is 9.93. The Morgan fingerprint density at radius 3 is 2.47 bits per heavy atom. The Hall–Kier alpha value is -1.81. The van der Waals surface area contributed by atoms with Crippen molar-refractivity contribution in [2.45, 2.75) is 49.7 Å². The summed E-state index contributed by atoms with van der Waals surface area (Å²) in [5, 5.41) is 22.6. The molecule has 1 aliphatic carbocycles. The lowest BCUT2D eigenvalue weighted by Crippen LogP contribution is -2.54. The van der Waals surface area contributed by atoms with Crippen LogP contribution < -0.4 is 4.74 Å². The number of ether oxygens (including phenoxy) is 2. The van der Waals surface area contributed by atoms with Gasteiger partial charge in [-0.15, -0.1) is 0 Å². The molecule has 1 aromatic carbocycles. The van der Waals surface area contributed by atoms with Crippen molar-refractivity contribution in [2.24, 2.45) is 0 Å². The summed E-state index contributed by atoms with van der Waals surface area (Å²) in [6.45, 7) is 0.821. The fourth-order valence-corrected chi connectivity index (χ4v) is 4.66. The molecule has 1 aromatic rings. The number of nitrogens with zero attached hydrogens (tertiary/aromatic N) is 2. The minimum Gasteiger partial charge on any atom is -0.487 e. The van der Waals surface area contributed by atoms with E-state index in [0.29, 0.717) is 32.5 Å². The molecule has 0 bridgehead atoms. The first kappa shape index (κ1) is 24.8. The van der Waals surface area contributed by atoms with E-state index in [2.05, 4.69) is 0 Å². The van der Waals surface area contributed by atoms with Gasteiger partial charge in [0.2, 0.25) is 11.7 Å². The zero-order valence-corrected chi connectivity index (χ0v) is 18.7. The van der Waals surface area contributed by atoms with E-state index >= 15 is 0 Å². The van der Waals surface area contributed by atoms with Crippen LogP contribution in [0, 0.1) is 11.6 Å². The summed E-state index contributed by atoms with van der Waals surface area (Å²) in [6.07, 6.45) is 5.49. The van der Waals surface area contributed by atoms with E-state index in [-0.39, 0.29) is 38.0 Å². The third-order valence-electron chi connectivity index (χ3n) is 6.27. The van der Waals surface area contributed by atoms with Crippen LogP contribution >= 0.6 is 0 Å². The molecule has 180 valence electrons. The van der Waals surface area contributed by atoms with Crippen molar-refractivity contribution in [3.8, 4) is 5.75 Å². The van der Waals surface area contributed by atoms with E-state index < -0.39 is 22.8 Å². The number of hydrogen-bond acceptors (Lipinski definition) is 6.